The van der Waals surface area contributed by atoms with Gasteiger partial charge >= 0.3 is 12.4 Å². The van der Waals surface area contributed by atoms with E-state index in [0.29, 0.717) is 6.42 Å². The van der Waals surface area contributed by atoms with Crippen LogP contribution in [0.5, 0.6) is 0 Å². The molecule has 4 heteroatoms. The third-order valence-corrected chi connectivity index (χ3v) is 3.45. The quantitative estimate of drug-likeness (QED) is 0.190. The van der Waals surface area contributed by atoms with Gasteiger partial charge in [-0.25, -0.2) is 0 Å². The van der Waals surface area contributed by atoms with Gasteiger partial charge in [-0.2, -0.15) is 0 Å². The Morgan fingerprint density at radius 3 is 1.76 bits per heavy atom. The lowest BCUT2D eigenvalue weighted by molar-refractivity contribution is -0.229. The molecule has 0 heterocycles. The van der Waals surface area contributed by atoms with Crippen molar-refractivity contribution in [2.75, 3.05) is 0 Å². The van der Waals surface area contributed by atoms with Crippen LogP contribution in [0.1, 0.15) is 71.1 Å². The summed E-state index contributed by atoms with van der Waals surface area (Å²) in [5, 5.41) is 16.9. The fraction of sp³-hybridized carbons (Fsp3) is 0.571. The number of allylic oxidation sites excluding steroid dienone is 8. The van der Waals surface area contributed by atoms with Crippen LogP contribution in [0, 0.1) is 0 Å². The zero-order valence-corrected chi connectivity index (χ0v) is 15.5. The van der Waals surface area contributed by atoms with Crippen LogP contribution < -0.4 is 0 Å². The summed E-state index contributed by atoms with van der Waals surface area (Å²) in [4.78, 5) is 11.0. The van der Waals surface area contributed by atoms with Crippen LogP contribution in [-0.2, 0) is 9.53 Å². The Balaban J connectivity index is 3.47. The molecule has 0 unspecified atom stereocenters. The highest BCUT2D eigenvalue weighted by Gasteiger charge is 2.05. The van der Waals surface area contributed by atoms with Crippen molar-refractivity contribution in [3.8, 4) is 0 Å². The van der Waals surface area contributed by atoms with Gasteiger partial charge in [0.15, 0.2) is 0 Å². The SMILES string of the molecule is CCCCCC=CCC=CCC=CCC=CCCCC(=O)OC(O)O. The molecule has 0 saturated heterocycles. The average molecular weight is 350 g/mol. The van der Waals surface area contributed by atoms with Gasteiger partial charge < -0.3 is 14.9 Å². The Labute approximate surface area is 152 Å². The maximum Gasteiger partial charge on any atom is 0.313 e. The van der Waals surface area contributed by atoms with Crippen molar-refractivity contribution in [3.05, 3.63) is 48.6 Å². The fourth-order valence-electron chi connectivity index (χ4n) is 2.10. The molecule has 4 nitrogen and oxygen atoms in total. The van der Waals surface area contributed by atoms with E-state index in [2.05, 4.69) is 54.2 Å². The smallest absolute Gasteiger partial charge is 0.313 e. The Morgan fingerprint density at radius 2 is 1.28 bits per heavy atom. The van der Waals surface area contributed by atoms with Gasteiger partial charge in [0.05, 0.1) is 0 Å². The second-order valence-electron chi connectivity index (χ2n) is 5.80. The maximum absolute atomic E-state index is 11.0. The monoisotopic (exact) mass is 350 g/mol. The second kappa shape index (κ2) is 18.7. The lowest BCUT2D eigenvalue weighted by Crippen LogP contribution is -2.16. The van der Waals surface area contributed by atoms with Gasteiger partial charge in [0.2, 0.25) is 0 Å². The van der Waals surface area contributed by atoms with E-state index in [1.165, 1.54) is 25.7 Å². The molecule has 0 spiro atoms. The lowest BCUT2D eigenvalue weighted by atomic mass is 10.2. The van der Waals surface area contributed by atoms with E-state index in [0.717, 1.165) is 25.7 Å². The predicted octanol–water partition coefficient (Wildman–Crippen LogP) is 4.94. The Hall–Kier alpha value is -1.65. The van der Waals surface area contributed by atoms with Crippen molar-refractivity contribution in [2.45, 2.75) is 77.6 Å². The fourth-order valence-corrected chi connectivity index (χ4v) is 2.10. The number of ether oxygens (including phenoxy) is 1. The highest BCUT2D eigenvalue weighted by molar-refractivity contribution is 5.69. The summed E-state index contributed by atoms with van der Waals surface area (Å²) in [7, 11) is 0. The highest BCUT2D eigenvalue weighted by atomic mass is 16.7. The normalized spacial score (nSPS) is 12.5. The third-order valence-electron chi connectivity index (χ3n) is 3.45. The summed E-state index contributed by atoms with van der Waals surface area (Å²) < 4.78 is 4.21. The van der Waals surface area contributed by atoms with Crippen molar-refractivity contribution in [3.63, 3.8) is 0 Å². The third kappa shape index (κ3) is 20.3. The summed E-state index contributed by atoms with van der Waals surface area (Å²) in [6.45, 7) is 0.213. The van der Waals surface area contributed by atoms with Crippen molar-refractivity contribution in [1.82, 2.24) is 0 Å². The molecule has 25 heavy (non-hydrogen) atoms. The first-order valence-corrected chi connectivity index (χ1v) is 9.32. The number of aliphatic hydroxyl groups excluding tert-OH is 1. The molecule has 0 rings (SSSR count). The highest BCUT2D eigenvalue weighted by Crippen LogP contribution is 2.02. The van der Waals surface area contributed by atoms with Crippen LogP contribution in [-0.4, -0.2) is 22.7 Å². The molecule has 0 aliphatic heterocycles. The van der Waals surface area contributed by atoms with E-state index in [1.54, 1.807) is 0 Å². The minimum atomic E-state index is -2.01. The van der Waals surface area contributed by atoms with E-state index in [9.17, 15) is 4.79 Å². The van der Waals surface area contributed by atoms with Crippen LogP contribution in [0.4, 0.5) is 0 Å². The summed E-state index contributed by atoms with van der Waals surface area (Å²) in [5.41, 5.74) is 0. The molecule has 0 bridgehead atoms. The second-order valence-corrected chi connectivity index (χ2v) is 5.80. The van der Waals surface area contributed by atoms with Crippen molar-refractivity contribution in [1.29, 1.82) is 0 Å². The van der Waals surface area contributed by atoms with Gasteiger partial charge in [-0.05, 0) is 44.9 Å². The number of carbonyl (C=O) groups excluding carboxylic acids is 1. The molecule has 0 aromatic carbocycles. The number of aliphatic hydroxyl groups is 2. The summed E-state index contributed by atoms with van der Waals surface area (Å²) in [5.74, 6) is -0.592. The van der Waals surface area contributed by atoms with Crippen LogP contribution in [0.25, 0.3) is 0 Å². The first-order chi connectivity index (χ1) is 12.2. The predicted molar refractivity (Wildman–Crippen MR) is 103 cm³/mol. The first-order valence-electron chi connectivity index (χ1n) is 9.32. The van der Waals surface area contributed by atoms with Gasteiger partial charge in [0.1, 0.15) is 0 Å². The molecule has 0 aromatic heterocycles. The molecule has 2 N–H and O–H groups in total. The van der Waals surface area contributed by atoms with Crippen LogP contribution in [0.2, 0.25) is 0 Å². The minimum absolute atomic E-state index is 0.190. The number of unbranched alkanes of at least 4 members (excludes halogenated alkanes) is 4. The van der Waals surface area contributed by atoms with Gasteiger partial charge in [-0.1, -0.05) is 68.4 Å². The van der Waals surface area contributed by atoms with Crippen LogP contribution in [0.3, 0.4) is 0 Å². The van der Waals surface area contributed by atoms with Crippen LogP contribution in [0.15, 0.2) is 48.6 Å². The molecule has 0 atom stereocenters. The molecule has 0 saturated carbocycles. The van der Waals surface area contributed by atoms with E-state index >= 15 is 0 Å². The van der Waals surface area contributed by atoms with Crippen molar-refractivity contribution in [2.24, 2.45) is 0 Å². The Bertz CT molecular complexity index is 420. The van der Waals surface area contributed by atoms with E-state index in [-0.39, 0.29) is 6.42 Å². The zero-order chi connectivity index (χ0) is 18.6. The zero-order valence-electron chi connectivity index (χ0n) is 15.5. The summed E-state index contributed by atoms with van der Waals surface area (Å²) >= 11 is 0. The van der Waals surface area contributed by atoms with Gasteiger partial charge in [0, 0.05) is 6.42 Å². The van der Waals surface area contributed by atoms with E-state index in [4.69, 9.17) is 10.2 Å². The number of hydrogen-bond acceptors (Lipinski definition) is 4. The molecular weight excluding hydrogens is 316 g/mol. The Kier molecular flexibility index (Phi) is 17.5. The van der Waals surface area contributed by atoms with Gasteiger partial charge in [-0.15, -0.1) is 0 Å². The van der Waals surface area contributed by atoms with E-state index in [1.807, 2.05) is 6.08 Å². The average Bonchev–Trinajstić information content (AvgIpc) is 2.57. The van der Waals surface area contributed by atoms with Crippen LogP contribution >= 0.6 is 0 Å². The van der Waals surface area contributed by atoms with E-state index < -0.39 is 12.4 Å². The maximum atomic E-state index is 11.0. The molecule has 142 valence electrons. The number of carbonyl (C=O) groups is 1. The van der Waals surface area contributed by atoms with Gasteiger partial charge in [-0.3, -0.25) is 4.79 Å². The minimum Gasteiger partial charge on any atom is -0.411 e. The topological polar surface area (TPSA) is 66.8 Å². The molecule has 0 radical (unpaired) electrons. The number of rotatable bonds is 15. The van der Waals surface area contributed by atoms with Gasteiger partial charge in [0.25, 0.3) is 0 Å². The molecule has 0 fully saturated rings. The summed E-state index contributed by atoms with van der Waals surface area (Å²) in [6.07, 6.45) is 26.7. The molecule has 0 amide bonds. The standard InChI is InChI=1S/C21H34O4/c1-2-3-4-5-6-7-8-9-10-11-12-13-14-15-16-17-18-19-20(22)25-21(23)24/h6-7,9-10,12-13,15-16,21,23-24H,2-5,8,11,14,17-19H2,1H3. The Morgan fingerprint density at radius 1 is 0.800 bits per heavy atom. The lowest BCUT2D eigenvalue weighted by Gasteiger charge is -2.04. The van der Waals surface area contributed by atoms with Crippen molar-refractivity contribution < 1.29 is 19.7 Å². The van der Waals surface area contributed by atoms with Crippen molar-refractivity contribution >= 4 is 5.97 Å². The molecular formula is C21H34O4. The summed E-state index contributed by atoms with van der Waals surface area (Å²) in [6, 6.07) is 0. The molecule has 0 aliphatic carbocycles. The molecule has 0 aliphatic rings. The number of hydrogen-bond donors (Lipinski definition) is 2. The first kappa shape index (κ1) is 23.4. The molecule has 0 aromatic rings. The largest absolute Gasteiger partial charge is 0.411 e. The number of esters is 1.